The highest BCUT2D eigenvalue weighted by molar-refractivity contribution is 7.47. The average Bonchev–Trinajstić information content (AvgIpc) is 1.84. The molecule has 3 N–H and O–H groups in total. The molecule has 0 heterocycles. The number of carbonyl (C=O) groups is 4. The molecule has 0 aromatic rings. The molecule has 17 nitrogen and oxygen atoms in total. The van der Waals surface area contributed by atoms with E-state index in [-0.39, 0.29) is 25.7 Å². The molecule has 0 aliphatic heterocycles. The summed E-state index contributed by atoms with van der Waals surface area (Å²) in [5.41, 5.74) is 0. The summed E-state index contributed by atoms with van der Waals surface area (Å²) in [6, 6.07) is 0. The molecule has 5 atom stereocenters. The normalized spacial score (nSPS) is 14.0. The lowest BCUT2D eigenvalue weighted by molar-refractivity contribution is -0.161. The highest BCUT2D eigenvalue weighted by atomic mass is 31.2. The van der Waals surface area contributed by atoms with Crippen molar-refractivity contribution in [2.24, 2.45) is 11.8 Å². The molecule has 0 saturated heterocycles. The Balaban J connectivity index is 5.21. The Hall–Kier alpha value is -1.94. The van der Waals surface area contributed by atoms with Crippen molar-refractivity contribution >= 4 is 39.5 Å². The molecule has 576 valence electrons. The Morgan fingerprint density at radius 2 is 0.474 bits per heavy atom. The van der Waals surface area contributed by atoms with Gasteiger partial charge in [-0.25, -0.2) is 9.13 Å². The average molecular weight is 1420 g/mol. The number of carbonyl (C=O) groups excluding carboxylic acids is 4. The van der Waals surface area contributed by atoms with Crippen LogP contribution in [-0.2, 0) is 65.4 Å². The predicted molar refractivity (Wildman–Crippen MR) is 395 cm³/mol. The molecule has 0 aromatic heterocycles. The van der Waals surface area contributed by atoms with Crippen LogP contribution in [0.1, 0.15) is 408 Å². The molecule has 0 rings (SSSR count). The molecule has 0 bridgehead atoms. The van der Waals surface area contributed by atoms with Gasteiger partial charge in [0.1, 0.15) is 19.3 Å². The number of phosphoric acid groups is 2. The van der Waals surface area contributed by atoms with Gasteiger partial charge in [-0.3, -0.25) is 37.3 Å². The van der Waals surface area contributed by atoms with Crippen molar-refractivity contribution in [3.8, 4) is 0 Å². The number of hydrogen-bond acceptors (Lipinski definition) is 15. The van der Waals surface area contributed by atoms with Crippen LogP contribution in [0, 0.1) is 11.8 Å². The minimum Gasteiger partial charge on any atom is -0.462 e. The highest BCUT2D eigenvalue weighted by Crippen LogP contribution is 2.45. The smallest absolute Gasteiger partial charge is 0.462 e. The number of unbranched alkanes of at least 4 members (excludes halogenated alkanes) is 47. The molecule has 97 heavy (non-hydrogen) atoms. The zero-order valence-corrected chi connectivity index (χ0v) is 65.2. The quantitative estimate of drug-likeness (QED) is 0.0222. The van der Waals surface area contributed by atoms with Gasteiger partial charge in [0.2, 0.25) is 0 Å². The molecule has 0 spiro atoms. The fourth-order valence-electron chi connectivity index (χ4n) is 12.0. The van der Waals surface area contributed by atoms with Gasteiger partial charge in [0, 0.05) is 25.7 Å². The van der Waals surface area contributed by atoms with Crippen LogP contribution in [0.25, 0.3) is 0 Å². The monoisotopic (exact) mass is 1420 g/mol. The van der Waals surface area contributed by atoms with E-state index < -0.39 is 97.5 Å². The summed E-state index contributed by atoms with van der Waals surface area (Å²) in [5, 5.41) is 10.6. The van der Waals surface area contributed by atoms with Gasteiger partial charge in [-0.05, 0) is 37.5 Å². The first kappa shape index (κ1) is 95.1. The summed E-state index contributed by atoms with van der Waals surface area (Å²) in [6.45, 7) is 9.62. The summed E-state index contributed by atoms with van der Waals surface area (Å²) >= 11 is 0. The van der Waals surface area contributed by atoms with E-state index >= 15 is 0 Å². The maximum absolute atomic E-state index is 13.1. The third kappa shape index (κ3) is 72.2. The van der Waals surface area contributed by atoms with E-state index in [1.807, 2.05) is 0 Å². The highest BCUT2D eigenvalue weighted by Gasteiger charge is 2.30. The van der Waals surface area contributed by atoms with Gasteiger partial charge in [0.05, 0.1) is 26.4 Å². The lowest BCUT2D eigenvalue weighted by Crippen LogP contribution is -2.30. The van der Waals surface area contributed by atoms with Crippen molar-refractivity contribution < 1.29 is 80.2 Å². The van der Waals surface area contributed by atoms with Crippen LogP contribution in [0.4, 0.5) is 0 Å². The summed E-state index contributed by atoms with van der Waals surface area (Å²) in [4.78, 5) is 72.8. The lowest BCUT2D eigenvalue weighted by Gasteiger charge is -2.21. The fraction of sp³-hybridized carbons (Fsp3) is 0.949. The van der Waals surface area contributed by atoms with Gasteiger partial charge in [0.25, 0.3) is 0 Å². The van der Waals surface area contributed by atoms with Crippen LogP contribution >= 0.6 is 15.6 Å². The Kier molecular flexibility index (Phi) is 68.4. The standard InChI is InChI=1S/C78H152O17P2/c1-7-9-11-13-15-17-18-19-20-21-24-27-32-37-43-49-55-61-76(81)89-67-74(95-77(82)62-56-50-44-38-33-28-25-22-23-26-30-35-40-46-52-58-70(3)4)69-93-97(86,87)91-65-72(79)64-90-96(84,85)92-68-73(66-88-75(80)60-54-48-42-16-14-12-10-8-2)94-78(83)63-57-51-45-39-34-29-31-36-41-47-53-59-71(5)6/h70-74,79H,7-69H2,1-6H3,(H,84,85)(H,86,87)/t72-,73+,74+/m0/s1. The molecule has 0 aliphatic carbocycles. The first-order valence-corrected chi connectivity index (χ1v) is 43.5. The predicted octanol–water partition coefficient (Wildman–Crippen LogP) is 23.1. The van der Waals surface area contributed by atoms with E-state index in [2.05, 4.69) is 41.5 Å². The zero-order valence-electron chi connectivity index (χ0n) is 63.4. The summed E-state index contributed by atoms with van der Waals surface area (Å²) in [7, 11) is -9.91. The van der Waals surface area contributed by atoms with Crippen LogP contribution in [0.2, 0.25) is 0 Å². The van der Waals surface area contributed by atoms with E-state index in [1.165, 1.54) is 218 Å². The summed E-state index contributed by atoms with van der Waals surface area (Å²) < 4.78 is 68.5. The molecular formula is C78H152O17P2. The van der Waals surface area contributed by atoms with E-state index in [1.54, 1.807) is 0 Å². The van der Waals surface area contributed by atoms with Gasteiger partial charge in [0.15, 0.2) is 12.2 Å². The largest absolute Gasteiger partial charge is 0.472 e. The Morgan fingerprint density at radius 1 is 0.278 bits per heavy atom. The first-order chi connectivity index (χ1) is 46.9. The Bertz CT molecular complexity index is 1870. The lowest BCUT2D eigenvalue weighted by atomic mass is 10.0. The van der Waals surface area contributed by atoms with Crippen LogP contribution in [0.3, 0.4) is 0 Å². The minimum atomic E-state index is -4.96. The maximum Gasteiger partial charge on any atom is 0.472 e. The topological polar surface area (TPSA) is 237 Å². The van der Waals surface area contributed by atoms with Crippen LogP contribution < -0.4 is 0 Å². The van der Waals surface area contributed by atoms with Crippen LogP contribution in [0.5, 0.6) is 0 Å². The SMILES string of the molecule is CCCCCCCCCCCCCCCCCCCC(=O)OC[C@H](COP(=O)(O)OC[C@@H](O)COP(=O)(O)OC[C@@H](COC(=O)CCCCCCCCCC)OC(=O)CCCCCCCCCCCCCC(C)C)OC(=O)CCCCCCCCCCCCCCCCCC(C)C. The minimum absolute atomic E-state index is 0.106. The second-order valence-electron chi connectivity index (χ2n) is 29.1. The number of esters is 4. The second kappa shape index (κ2) is 69.8. The van der Waals surface area contributed by atoms with Crippen molar-refractivity contribution in [1.29, 1.82) is 0 Å². The third-order valence-electron chi connectivity index (χ3n) is 18.2. The summed E-state index contributed by atoms with van der Waals surface area (Å²) in [6.07, 6.45) is 58.3. The van der Waals surface area contributed by atoms with Gasteiger partial charge in [-0.15, -0.1) is 0 Å². The number of rotatable bonds is 77. The number of aliphatic hydroxyl groups is 1. The molecule has 0 radical (unpaired) electrons. The van der Waals surface area contributed by atoms with Gasteiger partial charge in [-0.1, -0.05) is 356 Å². The van der Waals surface area contributed by atoms with E-state index in [0.717, 1.165) is 108 Å². The molecule has 0 aromatic carbocycles. The van der Waals surface area contributed by atoms with Crippen molar-refractivity contribution in [2.75, 3.05) is 39.6 Å². The fourth-order valence-corrected chi connectivity index (χ4v) is 13.6. The number of ether oxygens (including phenoxy) is 4. The van der Waals surface area contributed by atoms with E-state index in [9.17, 15) is 43.2 Å². The van der Waals surface area contributed by atoms with Crippen molar-refractivity contribution in [3.63, 3.8) is 0 Å². The molecule has 2 unspecified atom stereocenters. The van der Waals surface area contributed by atoms with Crippen molar-refractivity contribution in [2.45, 2.75) is 426 Å². The molecular weight excluding hydrogens is 1270 g/mol. The first-order valence-electron chi connectivity index (χ1n) is 40.5. The van der Waals surface area contributed by atoms with E-state index in [0.29, 0.717) is 25.7 Å². The van der Waals surface area contributed by atoms with Crippen LogP contribution in [-0.4, -0.2) is 96.7 Å². The zero-order chi connectivity index (χ0) is 71.4. The third-order valence-corrected chi connectivity index (χ3v) is 20.1. The maximum atomic E-state index is 13.1. The van der Waals surface area contributed by atoms with Crippen molar-refractivity contribution in [3.05, 3.63) is 0 Å². The number of aliphatic hydroxyl groups excluding tert-OH is 1. The van der Waals surface area contributed by atoms with Crippen molar-refractivity contribution in [1.82, 2.24) is 0 Å². The molecule has 19 heteroatoms. The van der Waals surface area contributed by atoms with Crippen LogP contribution in [0.15, 0.2) is 0 Å². The number of hydrogen-bond donors (Lipinski definition) is 3. The Morgan fingerprint density at radius 3 is 0.701 bits per heavy atom. The molecule has 0 fully saturated rings. The second-order valence-corrected chi connectivity index (χ2v) is 32.0. The Labute approximate surface area is 594 Å². The van der Waals surface area contributed by atoms with Gasteiger partial charge in [-0.2, -0.15) is 0 Å². The van der Waals surface area contributed by atoms with Gasteiger partial charge >= 0.3 is 39.5 Å². The molecule has 0 aliphatic rings. The summed E-state index contributed by atoms with van der Waals surface area (Å²) in [5.74, 6) is -0.546. The molecule has 0 amide bonds. The molecule has 0 saturated carbocycles. The number of phosphoric ester groups is 2. The van der Waals surface area contributed by atoms with Gasteiger partial charge < -0.3 is 33.8 Å². The van der Waals surface area contributed by atoms with E-state index in [4.69, 9.17) is 37.0 Å².